The van der Waals surface area contributed by atoms with Crippen molar-refractivity contribution in [1.29, 1.82) is 0 Å². The molecule has 8 heteroatoms. The van der Waals surface area contributed by atoms with Crippen molar-refractivity contribution in [3.05, 3.63) is 89.0 Å². The van der Waals surface area contributed by atoms with E-state index in [0.717, 1.165) is 59.1 Å². The lowest BCUT2D eigenvalue weighted by Gasteiger charge is -2.23. The third-order valence-electron chi connectivity index (χ3n) is 7.06. The van der Waals surface area contributed by atoms with E-state index in [1.54, 1.807) is 20.8 Å². The third kappa shape index (κ3) is 12.0. The molecule has 0 aliphatic rings. The molecule has 2 rings (SSSR count). The number of hydrogen-bond acceptors (Lipinski definition) is 8. The lowest BCUT2D eigenvalue weighted by atomic mass is 9.88. The van der Waals surface area contributed by atoms with Gasteiger partial charge >= 0.3 is 17.9 Å². The predicted molar refractivity (Wildman–Crippen MR) is 176 cm³/mol. The fraction of sp³-hybridized carbons (Fsp3) is 0.432. The van der Waals surface area contributed by atoms with E-state index >= 15 is 0 Å². The molecular formula is C37H48O8. The molecule has 2 aromatic rings. The number of ether oxygens (including phenoxy) is 4. The van der Waals surface area contributed by atoms with Gasteiger partial charge in [-0.3, -0.25) is 0 Å². The SMILES string of the molecule is C=C(C)C(=O)OCCOc1c(-c2ccc(CCCO)cc2)cc(COC(=O)C(=C)C)c(CCCCC)c1CCOC(=O)C(=C)C. The van der Waals surface area contributed by atoms with Crippen LogP contribution in [0.25, 0.3) is 11.1 Å². The van der Waals surface area contributed by atoms with Gasteiger partial charge in [0.15, 0.2) is 0 Å². The number of benzene rings is 2. The number of aryl methyl sites for hydroxylation is 1. The van der Waals surface area contributed by atoms with Crippen LogP contribution in [0, 0.1) is 0 Å². The van der Waals surface area contributed by atoms with Crippen LogP contribution in [0.2, 0.25) is 0 Å². The van der Waals surface area contributed by atoms with Crippen LogP contribution in [-0.4, -0.2) is 49.4 Å². The quantitative estimate of drug-likeness (QED) is 0.0746. The van der Waals surface area contributed by atoms with Crippen molar-refractivity contribution >= 4 is 17.9 Å². The van der Waals surface area contributed by atoms with E-state index in [-0.39, 0.29) is 33.0 Å². The van der Waals surface area contributed by atoms with Gasteiger partial charge in [-0.25, -0.2) is 14.4 Å². The Morgan fingerprint density at radius 1 is 0.711 bits per heavy atom. The Labute approximate surface area is 267 Å². The Morgan fingerprint density at radius 2 is 1.31 bits per heavy atom. The van der Waals surface area contributed by atoms with Crippen LogP contribution in [0.4, 0.5) is 0 Å². The summed E-state index contributed by atoms with van der Waals surface area (Å²) in [6.45, 7) is 18.2. The standard InChI is InChI=1S/C37H48O8/c1-8-9-10-13-31-30(24-45-37(41)27(6)7)23-33(29-16-14-28(15-17-29)12-11-19-38)34(42-21-22-44-36(40)26(4)5)32(31)18-20-43-35(39)25(2)3/h14-17,23,38H,2,4,6,8-13,18-22,24H2,1,3,5,7H3. The highest BCUT2D eigenvalue weighted by Gasteiger charge is 2.22. The normalized spacial score (nSPS) is 10.6. The van der Waals surface area contributed by atoms with Crippen molar-refractivity contribution in [2.24, 2.45) is 0 Å². The van der Waals surface area contributed by atoms with Gasteiger partial charge < -0.3 is 24.1 Å². The molecule has 0 spiro atoms. The first-order valence-electron chi connectivity index (χ1n) is 15.5. The molecule has 0 atom stereocenters. The Hall–Kier alpha value is -4.17. The lowest BCUT2D eigenvalue weighted by molar-refractivity contribution is -0.140. The van der Waals surface area contributed by atoms with Crippen LogP contribution in [0.5, 0.6) is 5.75 Å². The van der Waals surface area contributed by atoms with Crippen molar-refractivity contribution in [1.82, 2.24) is 0 Å². The Bertz CT molecular complexity index is 1350. The molecule has 0 fully saturated rings. The van der Waals surface area contributed by atoms with Crippen LogP contribution >= 0.6 is 0 Å². The molecule has 0 aromatic heterocycles. The van der Waals surface area contributed by atoms with Crippen molar-refractivity contribution < 1.29 is 38.4 Å². The van der Waals surface area contributed by atoms with Crippen LogP contribution in [0.15, 0.2) is 66.8 Å². The van der Waals surface area contributed by atoms with E-state index in [1.807, 2.05) is 30.3 Å². The number of aliphatic hydroxyl groups excluding tert-OH is 1. The van der Waals surface area contributed by atoms with Crippen LogP contribution in [0.3, 0.4) is 0 Å². The molecule has 1 N–H and O–H groups in total. The summed E-state index contributed by atoms with van der Waals surface area (Å²) in [4.78, 5) is 36.7. The second-order valence-corrected chi connectivity index (χ2v) is 11.1. The van der Waals surface area contributed by atoms with Crippen LogP contribution in [-0.2, 0) is 54.5 Å². The molecule has 0 bridgehead atoms. The first kappa shape index (κ1) is 37.0. The van der Waals surface area contributed by atoms with E-state index in [4.69, 9.17) is 18.9 Å². The molecular weight excluding hydrogens is 572 g/mol. The van der Waals surface area contributed by atoms with Gasteiger partial charge in [0.05, 0.1) is 6.61 Å². The lowest BCUT2D eigenvalue weighted by Crippen LogP contribution is -2.16. The number of carbonyl (C=O) groups is 3. The summed E-state index contributed by atoms with van der Waals surface area (Å²) < 4.78 is 22.8. The average Bonchev–Trinajstić information content (AvgIpc) is 3.01. The number of rotatable bonds is 20. The molecule has 0 radical (unpaired) electrons. The number of unbranched alkanes of at least 4 members (excludes halogenated alkanes) is 2. The molecule has 8 nitrogen and oxygen atoms in total. The topological polar surface area (TPSA) is 108 Å². The van der Waals surface area contributed by atoms with Gasteiger partial charge in [-0.05, 0) is 74.8 Å². The van der Waals surface area contributed by atoms with Gasteiger partial charge in [0.2, 0.25) is 0 Å². The smallest absolute Gasteiger partial charge is 0.333 e. The number of aliphatic hydroxyl groups is 1. The van der Waals surface area contributed by atoms with Gasteiger partial charge in [-0.1, -0.05) is 63.8 Å². The first-order chi connectivity index (χ1) is 21.5. The Balaban J connectivity index is 2.71. The van der Waals surface area contributed by atoms with Gasteiger partial charge in [0, 0.05) is 40.9 Å². The summed E-state index contributed by atoms with van der Waals surface area (Å²) in [5, 5.41) is 9.26. The summed E-state index contributed by atoms with van der Waals surface area (Å²) in [7, 11) is 0. The maximum Gasteiger partial charge on any atom is 0.333 e. The minimum absolute atomic E-state index is 0.0124. The van der Waals surface area contributed by atoms with Crippen molar-refractivity contribution in [3.8, 4) is 16.9 Å². The van der Waals surface area contributed by atoms with E-state index in [1.165, 1.54) is 0 Å². The summed E-state index contributed by atoms with van der Waals surface area (Å²) in [5.74, 6) is -0.890. The van der Waals surface area contributed by atoms with Crippen molar-refractivity contribution in [2.75, 3.05) is 26.4 Å². The monoisotopic (exact) mass is 620 g/mol. The molecule has 0 amide bonds. The molecule has 2 aromatic carbocycles. The van der Waals surface area contributed by atoms with Crippen molar-refractivity contribution in [3.63, 3.8) is 0 Å². The Morgan fingerprint density at radius 3 is 1.89 bits per heavy atom. The number of esters is 3. The fourth-order valence-corrected chi connectivity index (χ4v) is 4.63. The maximum atomic E-state index is 12.4. The van der Waals surface area contributed by atoms with Gasteiger partial charge in [0.25, 0.3) is 0 Å². The van der Waals surface area contributed by atoms with Gasteiger partial charge in [0.1, 0.15) is 25.6 Å². The zero-order valence-electron chi connectivity index (χ0n) is 27.3. The summed E-state index contributed by atoms with van der Waals surface area (Å²) in [6.07, 6.45) is 5.35. The third-order valence-corrected chi connectivity index (χ3v) is 7.06. The highest BCUT2D eigenvalue weighted by atomic mass is 16.6. The summed E-state index contributed by atoms with van der Waals surface area (Å²) in [6, 6.07) is 9.97. The van der Waals surface area contributed by atoms with E-state index in [9.17, 15) is 19.5 Å². The number of carbonyl (C=O) groups excluding carboxylic acids is 3. The van der Waals surface area contributed by atoms with E-state index in [2.05, 4.69) is 26.7 Å². The predicted octanol–water partition coefficient (Wildman–Crippen LogP) is 6.79. The second kappa shape index (κ2) is 19.3. The van der Waals surface area contributed by atoms with Crippen molar-refractivity contribution in [2.45, 2.75) is 79.2 Å². The molecule has 0 heterocycles. The van der Waals surface area contributed by atoms with Crippen LogP contribution in [0.1, 0.15) is 75.6 Å². The molecule has 244 valence electrons. The highest BCUT2D eigenvalue weighted by molar-refractivity contribution is 5.88. The average molecular weight is 621 g/mol. The largest absolute Gasteiger partial charge is 0.489 e. The maximum absolute atomic E-state index is 12.4. The minimum atomic E-state index is -0.501. The zero-order chi connectivity index (χ0) is 33.4. The molecule has 0 unspecified atom stereocenters. The van der Waals surface area contributed by atoms with Gasteiger partial charge in [-0.15, -0.1) is 0 Å². The van der Waals surface area contributed by atoms with E-state index < -0.39 is 17.9 Å². The molecule has 0 saturated heterocycles. The minimum Gasteiger partial charge on any atom is -0.489 e. The van der Waals surface area contributed by atoms with Crippen LogP contribution < -0.4 is 4.74 Å². The molecule has 45 heavy (non-hydrogen) atoms. The second-order valence-electron chi connectivity index (χ2n) is 11.1. The molecule has 0 aliphatic heterocycles. The fourth-order valence-electron chi connectivity index (χ4n) is 4.63. The van der Waals surface area contributed by atoms with E-state index in [0.29, 0.717) is 41.7 Å². The molecule has 0 aliphatic carbocycles. The first-order valence-corrected chi connectivity index (χ1v) is 15.5. The summed E-state index contributed by atoms with van der Waals surface area (Å²) in [5.41, 5.74) is 6.22. The molecule has 0 saturated carbocycles. The summed E-state index contributed by atoms with van der Waals surface area (Å²) >= 11 is 0. The Kier molecular flexibility index (Phi) is 15.8. The highest BCUT2D eigenvalue weighted by Crippen LogP contribution is 2.39. The zero-order valence-corrected chi connectivity index (χ0v) is 27.3. The number of hydrogen-bond donors (Lipinski definition) is 1. The van der Waals surface area contributed by atoms with Gasteiger partial charge in [-0.2, -0.15) is 0 Å².